The number of aryl methyl sites for hydroxylation is 2. The molecule has 1 radical (unpaired) electrons. The van der Waals surface area contributed by atoms with E-state index < -0.39 is 33.6 Å². The molecule has 4 nitrogen and oxygen atoms in total. The smallest absolute Gasteiger partial charge is 0.216 e. The Hall–Kier alpha value is -4.22. The van der Waals surface area contributed by atoms with Crippen molar-refractivity contribution in [1.82, 2.24) is 15.0 Å². The van der Waals surface area contributed by atoms with Gasteiger partial charge < -0.3 is 14.4 Å². The number of rotatable bonds is 7. The first-order valence-electron chi connectivity index (χ1n) is 19.9. The maximum atomic E-state index is 8.84. The van der Waals surface area contributed by atoms with E-state index in [9.17, 15) is 0 Å². The van der Waals surface area contributed by atoms with Crippen LogP contribution >= 0.6 is 0 Å². The van der Waals surface area contributed by atoms with Crippen molar-refractivity contribution in [2.24, 2.45) is 0 Å². The minimum atomic E-state index is -2.32. The minimum absolute atomic E-state index is 0. The Morgan fingerprint density at radius 2 is 1.59 bits per heavy atom. The molecule has 0 aliphatic heterocycles. The maximum absolute atomic E-state index is 8.84. The van der Waals surface area contributed by atoms with Crippen molar-refractivity contribution >= 4 is 35.3 Å². The number of furan rings is 1. The zero-order chi connectivity index (χ0) is 40.8. The van der Waals surface area contributed by atoms with Crippen LogP contribution in [0.4, 0.5) is 0 Å². The van der Waals surface area contributed by atoms with Gasteiger partial charge in [0.25, 0.3) is 0 Å². The molecule has 0 bridgehead atoms. The van der Waals surface area contributed by atoms with Gasteiger partial charge in [-0.3, -0.25) is 0 Å². The molecule has 49 heavy (non-hydrogen) atoms. The summed E-state index contributed by atoms with van der Waals surface area (Å²) in [5, 5.41) is 2.47. The van der Waals surface area contributed by atoms with E-state index in [0.717, 1.165) is 27.4 Å². The van der Waals surface area contributed by atoms with Gasteiger partial charge >= 0.3 is 0 Å². The molecule has 7 rings (SSSR count). The molecule has 0 saturated heterocycles. The van der Waals surface area contributed by atoms with Crippen LogP contribution in [0.3, 0.4) is 0 Å². The summed E-state index contributed by atoms with van der Waals surface area (Å²) >= 11 is 0. The van der Waals surface area contributed by atoms with Crippen molar-refractivity contribution < 1.29 is 35.5 Å². The van der Waals surface area contributed by atoms with Gasteiger partial charge in [0.15, 0.2) is 0 Å². The van der Waals surface area contributed by atoms with Gasteiger partial charge in [-0.15, -0.1) is 59.7 Å². The van der Waals surface area contributed by atoms with Crippen molar-refractivity contribution in [1.29, 1.82) is 0 Å². The van der Waals surface area contributed by atoms with E-state index in [-0.39, 0.29) is 31.5 Å². The van der Waals surface area contributed by atoms with Crippen molar-refractivity contribution in [3.8, 4) is 22.5 Å². The summed E-state index contributed by atoms with van der Waals surface area (Å²) < 4.78 is 70.8. The molecule has 0 saturated carbocycles. The zero-order valence-electron chi connectivity index (χ0n) is 36.4. The molecule has 251 valence electrons. The fourth-order valence-electron chi connectivity index (χ4n) is 5.49. The molecule has 4 heterocycles. The third kappa shape index (κ3) is 8.33. The quantitative estimate of drug-likeness (QED) is 0.118. The summed E-state index contributed by atoms with van der Waals surface area (Å²) in [6, 6.07) is 33.5. The van der Waals surface area contributed by atoms with E-state index in [2.05, 4.69) is 46.7 Å². The van der Waals surface area contributed by atoms with Gasteiger partial charge in [0, 0.05) is 54.5 Å². The van der Waals surface area contributed by atoms with Crippen LogP contribution in [0.1, 0.15) is 65.6 Å². The van der Waals surface area contributed by atoms with Gasteiger partial charge in [0.05, 0.1) is 13.7 Å². The molecule has 0 spiro atoms. The Morgan fingerprint density at radius 3 is 2.29 bits per heavy atom. The Kier molecular flexibility index (Phi) is 8.45. The fourth-order valence-corrected chi connectivity index (χ4v) is 6.88. The van der Waals surface area contributed by atoms with E-state index in [0.29, 0.717) is 38.9 Å². The minimum Gasteiger partial charge on any atom is -0.486 e. The monoisotopic (exact) mass is 846 g/mol. The summed E-state index contributed by atoms with van der Waals surface area (Å²) in [6.07, 6.45) is 0.212. The first-order valence-corrected chi connectivity index (χ1v) is 19.4. The van der Waals surface area contributed by atoms with Crippen LogP contribution in [-0.2, 0) is 32.9 Å². The van der Waals surface area contributed by atoms with Gasteiger partial charge in [-0.1, -0.05) is 99.4 Å². The van der Waals surface area contributed by atoms with Gasteiger partial charge in [0.2, 0.25) is 5.71 Å². The molecule has 4 aromatic heterocycles. The third-order valence-electron chi connectivity index (χ3n) is 8.01. The number of nitrogens with zero attached hydrogens (tertiary/aromatic N) is 3. The van der Waals surface area contributed by atoms with E-state index >= 15 is 0 Å². The predicted molar refractivity (Wildman–Crippen MR) is 203 cm³/mol. The van der Waals surface area contributed by atoms with Crippen LogP contribution in [0.15, 0.2) is 108 Å². The van der Waals surface area contributed by atoms with Crippen LogP contribution in [-0.4, -0.2) is 23.0 Å². The molecule has 3 aromatic carbocycles. The average Bonchev–Trinajstić information content (AvgIpc) is 3.51. The van der Waals surface area contributed by atoms with Crippen molar-refractivity contribution in [3.05, 3.63) is 143 Å². The van der Waals surface area contributed by atoms with E-state index in [1.54, 1.807) is 38.2 Å². The number of benzene rings is 3. The Morgan fingerprint density at radius 1 is 0.857 bits per heavy atom. The predicted octanol–water partition coefficient (Wildman–Crippen LogP) is 10.5. The van der Waals surface area contributed by atoms with Crippen molar-refractivity contribution in [2.75, 3.05) is 0 Å². The average molecular weight is 846 g/mol. The number of hydrogen-bond acceptors (Lipinski definition) is 4. The SMILES string of the molecule is [2H]C([2H])([2H])c1ccc2c(n1)oc1c[c-]c(-c3cc(C([2H])([2H])C)c(C([2H])(C)C)cn3)cc12.[2H]C([2H])(c1ccccc1)c1cc(-c2[c-]cccc2)ncc1[Si](C)(C)C.[Ir]. The largest absolute Gasteiger partial charge is 0.486 e. The summed E-state index contributed by atoms with van der Waals surface area (Å²) in [4.78, 5) is 13.2. The molecule has 0 aliphatic carbocycles. The second-order valence-electron chi connectivity index (χ2n) is 12.8. The molecular weight excluding hydrogens is 795 g/mol. The first-order chi connectivity index (χ1) is 26.0. The standard InChI is InChI=1S/C22H21N2O.C21H22NSi.Ir/c1-5-15-11-20(23-12-19(15)13(2)3)16-7-9-21-18(10-16)17-8-6-14(4)24-22(17)25-21;1-23(2,3)21-16-22-20(18-12-8-5-9-13-18)15-19(21)14-17-10-6-4-7-11-17;/h6,8-13H,5H2,1-4H3;4-12,15-16H,14H2,1-3H3;/q2*-1;/i4D3,5D2,13D;14D2;. The van der Waals surface area contributed by atoms with Crippen LogP contribution in [0.25, 0.3) is 44.6 Å². The molecule has 0 N–H and O–H groups in total. The van der Waals surface area contributed by atoms with E-state index in [1.807, 2.05) is 72.9 Å². The summed E-state index contributed by atoms with van der Waals surface area (Å²) in [6.45, 7) is 9.22. The molecule has 0 atom stereocenters. The molecule has 0 fully saturated rings. The molecule has 7 aromatic rings. The number of fused-ring (bicyclic) bond motifs is 3. The second-order valence-corrected chi connectivity index (χ2v) is 17.8. The number of hydrogen-bond donors (Lipinski definition) is 0. The van der Waals surface area contributed by atoms with Crippen LogP contribution in [0.5, 0.6) is 0 Å². The van der Waals surface area contributed by atoms with E-state index in [4.69, 9.17) is 15.4 Å². The van der Waals surface area contributed by atoms with Gasteiger partial charge in [-0.2, -0.15) is 0 Å². The van der Waals surface area contributed by atoms with Crippen LogP contribution in [0, 0.1) is 19.0 Å². The van der Waals surface area contributed by atoms with Gasteiger partial charge in [-0.05, 0) is 65.3 Å². The van der Waals surface area contributed by atoms with E-state index in [1.165, 1.54) is 13.0 Å². The molecular formula is C43H43IrN3OSi-2. The summed E-state index contributed by atoms with van der Waals surface area (Å²) in [7, 11) is -1.76. The zero-order valence-corrected chi connectivity index (χ0v) is 31.8. The first kappa shape index (κ1) is 26.6. The number of pyridine rings is 3. The third-order valence-corrected chi connectivity index (χ3v) is 10.0. The normalized spacial score (nSPS) is 14.8. The van der Waals surface area contributed by atoms with Crippen molar-refractivity contribution in [3.63, 3.8) is 0 Å². The second kappa shape index (κ2) is 15.5. The molecule has 0 aliphatic rings. The summed E-state index contributed by atoms with van der Waals surface area (Å²) in [5.74, 6) is -0.995. The maximum Gasteiger partial charge on any atom is 0.216 e. The summed E-state index contributed by atoms with van der Waals surface area (Å²) in [5.41, 5.74) is 5.85. The van der Waals surface area contributed by atoms with Crippen molar-refractivity contribution in [2.45, 2.75) is 65.9 Å². The van der Waals surface area contributed by atoms with Gasteiger partial charge in [0.1, 0.15) is 0 Å². The molecule has 0 amide bonds. The van der Waals surface area contributed by atoms with Crippen LogP contribution in [0.2, 0.25) is 19.6 Å². The fraction of sp³-hybridized carbons (Fsp3) is 0.233. The Bertz CT molecular complexity index is 2510. The number of aromatic nitrogens is 3. The topological polar surface area (TPSA) is 51.8 Å². The molecule has 0 unspecified atom stereocenters. The van der Waals surface area contributed by atoms with Gasteiger partial charge in [-0.25, -0.2) is 4.98 Å². The Balaban J connectivity index is 0.000000219. The molecule has 6 heteroatoms. The van der Waals surface area contributed by atoms with Crippen LogP contribution < -0.4 is 5.19 Å². The Labute approximate surface area is 316 Å².